The van der Waals surface area contributed by atoms with Gasteiger partial charge >= 0.3 is 6.09 Å². The average Bonchev–Trinajstić information content (AvgIpc) is 2.94. The van der Waals surface area contributed by atoms with Gasteiger partial charge in [0.2, 0.25) is 0 Å². The fraction of sp³-hybridized carbons (Fsp3) is 0.533. The molecule has 8 heteroatoms. The smallest absolute Gasteiger partial charge is 0.414 e. The predicted molar refractivity (Wildman–Crippen MR) is 85.8 cm³/mol. The molecule has 1 aromatic carbocycles. The fourth-order valence-corrected chi connectivity index (χ4v) is 2.89. The normalized spacial score (nSPS) is 21.7. The van der Waals surface area contributed by atoms with Crippen LogP contribution in [0.25, 0.3) is 0 Å². The summed E-state index contributed by atoms with van der Waals surface area (Å²) in [6.45, 7) is 3.35. The first-order valence-electron chi connectivity index (χ1n) is 7.56. The molecule has 1 amide bonds. The highest BCUT2D eigenvalue weighted by Gasteiger charge is 2.32. The van der Waals surface area contributed by atoms with Crippen molar-refractivity contribution < 1.29 is 18.7 Å². The Bertz CT molecular complexity index is 569. The Labute approximate surface area is 139 Å². The van der Waals surface area contributed by atoms with Crippen molar-refractivity contribution in [3.8, 4) is 0 Å². The average molecular weight is 344 g/mol. The Morgan fingerprint density at radius 1 is 1.35 bits per heavy atom. The predicted octanol–water partition coefficient (Wildman–Crippen LogP) is 1.77. The molecule has 2 aliphatic rings. The van der Waals surface area contributed by atoms with Gasteiger partial charge in [-0.25, -0.2) is 9.18 Å². The van der Waals surface area contributed by atoms with Crippen LogP contribution in [0.4, 0.5) is 20.6 Å². The van der Waals surface area contributed by atoms with Gasteiger partial charge in [0.05, 0.1) is 37.1 Å². The van der Waals surface area contributed by atoms with Gasteiger partial charge in [-0.05, 0) is 18.2 Å². The van der Waals surface area contributed by atoms with Gasteiger partial charge in [-0.1, -0.05) is 0 Å². The van der Waals surface area contributed by atoms with Gasteiger partial charge in [-0.3, -0.25) is 4.90 Å². The zero-order valence-electron chi connectivity index (χ0n) is 12.6. The lowest BCUT2D eigenvalue weighted by Gasteiger charge is -2.29. The van der Waals surface area contributed by atoms with Crippen molar-refractivity contribution in [3.05, 3.63) is 24.0 Å². The Balaban J connectivity index is 1.71. The van der Waals surface area contributed by atoms with Crippen molar-refractivity contribution in [1.82, 2.24) is 5.32 Å². The molecule has 0 aliphatic carbocycles. The van der Waals surface area contributed by atoms with Gasteiger partial charge in [0.25, 0.3) is 0 Å². The van der Waals surface area contributed by atoms with Gasteiger partial charge in [0, 0.05) is 19.6 Å². The van der Waals surface area contributed by atoms with Crippen molar-refractivity contribution >= 4 is 29.1 Å². The van der Waals surface area contributed by atoms with E-state index in [0.717, 1.165) is 0 Å². The second kappa shape index (κ2) is 7.33. The Kier molecular flexibility index (Phi) is 5.20. The van der Waals surface area contributed by atoms with Crippen LogP contribution in [0, 0.1) is 5.82 Å². The summed E-state index contributed by atoms with van der Waals surface area (Å²) in [5, 5.41) is 2.92. The molecule has 1 N–H and O–H groups in total. The molecule has 0 saturated carbocycles. The number of nitrogens with one attached hydrogen (secondary N) is 1. The topological polar surface area (TPSA) is 54.0 Å². The van der Waals surface area contributed by atoms with Crippen LogP contribution in [0.2, 0.25) is 0 Å². The number of alkyl halides is 1. The third-order valence-corrected chi connectivity index (χ3v) is 4.12. The first kappa shape index (κ1) is 16.3. The van der Waals surface area contributed by atoms with E-state index in [-0.39, 0.29) is 17.9 Å². The van der Waals surface area contributed by atoms with Crippen LogP contribution in [0.15, 0.2) is 18.2 Å². The maximum Gasteiger partial charge on any atom is 0.414 e. The van der Waals surface area contributed by atoms with Gasteiger partial charge < -0.3 is 19.7 Å². The second-order valence-corrected chi connectivity index (χ2v) is 5.71. The molecule has 0 bridgehead atoms. The summed E-state index contributed by atoms with van der Waals surface area (Å²) in [6.07, 6.45) is -0.756. The molecule has 0 radical (unpaired) electrons. The molecule has 126 valence electrons. The summed E-state index contributed by atoms with van der Waals surface area (Å²) >= 11 is 5.55. The van der Waals surface area contributed by atoms with Crippen LogP contribution in [0.3, 0.4) is 0 Å². The number of benzene rings is 1. The van der Waals surface area contributed by atoms with E-state index in [2.05, 4.69) is 5.32 Å². The zero-order valence-corrected chi connectivity index (χ0v) is 13.4. The maximum absolute atomic E-state index is 14.4. The first-order valence-corrected chi connectivity index (χ1v) is 8.09. The van der Waals surface area contributed by atoms with Crippen LogP contribution >= 0.6 is 11.6 Å². The van der Waals surface area contributed by atoms with Crippen LogP contribution in [0.1, 0.15) is 0 Å². The van der Waals surface area contributed by atoms with Crippen LogP contribution < -0.4 is 15.1 Å². The Morgan fingerprint density at radius 2 is 2.13 bits per heavy atom. The number of hydrogen-bond acceptors (Lipinski definition) is 5. The lowest BCUT2D eigenvalue weighted by Crippen LogP contribution is -2.36. The number of rotatable bonds is 5. The Hall–Kier alpha value is -1.57. The quantitative estimate of drug-likeness (QED) is 0.652. The number of hydrogen-bond donors (Lipinski definition) is 1. The van der Waals surface area contributed by atoms with Gasteiger partial charge in [-0.15, -0.1) is 11.6 Å². The molecule has 2 fully saturated rings. The standard InChI is InChI=1S/C15H19ClFN3O3/c16-10-18-8-12-9-20(15(21)23-12)11-1-2-14(13(17)7-11)19-3-5-22-6-4-19/h1-2,7,12,18H,3-6,8-10H2/t12-/m0/s1. The molecule has 6 nitrogen and oxygen atoms in total. The Morgan fingerprint density at radius 3 is 2.83 bits per heavy atom. The minimum Gasteiger partial charge on any atom is -0.443 e. The van der Waals surface area contributed by atoms with Crippen molar-refractivity contribution in [3.63, 3.8) is 0 Å². The van der Waals surface area contributed by atoms with Crippen molar-refractivity contribution in [2.75, 3.05) is 55.2 Å². The summed E-state index contributed by atoms with van der Waals surface area (Å²) in [4.78, 5) is 15.3. The molecule has 2 aliphatic heterocycles. The van der Waals surface area contributed by atoms with Crippen molar-refractivity contribution in [1.29, 1.82) is 0 Å². The highest BCUT2D eigenvalue weighted by molar-refractivity contribution is 6.17. The molecule has 1 aromatic rings. The van der Waals surface area contributed by atoms with E-state index in [1.54, 1.807) is 12.1 Å². The van der Waals surface area contributed by atoms with Gasteiger partial charge in [-0.2, -0.15) is 0 Å². The summed E-state index contributed by atoms with van der Waals surface area (Å²) in [7, 11) is 0. The van der Waals surface area contributed by atoms with Crippen LogP contribution in [0.5, 0.6) is 0 Å². The van der Waals surface area contributed by atoms with Crippen LogP contribution in [-0.4, -0.2) is 57.6 Å². The van der Waals surface area contributed by atoms with E-state index >= 15 is 0 Å². The minimum atomic E-state index is -0.468. The number of ether oxygens (including phenoxy) is 2. The SMILES string of the molecule is O=C1O[C@@H](CNCCl)CN1c1ccc(N2CCOCC2)c(F)c1. The molecule has 1 atom stereocenters. The number of halogens is 2. The molecule has 23 heavy (non-hydrogen) atoms. The van der Waals surface area contributed by atoms with E-state index in [0.29, 0.717) is 50.8 Å². The zero-order chi connectivity index (χ0) is 16.2. The van der Waals surface area contributed by atoms with E-state index < -0.39 is 6.09 Å². The van der Waals surface area contributed by atoms with Gasteiger partial charge in [0.1, 0.15) is 11.9 Å². The number of carbonyl (C=O) groups excluding carboxylic acids is 1. The molecule has 2 saturated heterocycles. The van der Waals surface area contributed by atoms with Crippen molar-refractivity contribution in [2.24, 2.45) is 0 Å². The van der Waals surface area contributed by atoms with Gasteiger partial charge in [0.15, 0.2) is 0 Å². The van der Waals surface area contributed by atoms with E-state index in [9.17, 15) is 9.18 Å². The summed E-state index contributed by atoms with van der Waals surface area (Å²) in [6, 6.07) is 5.11. The third-order valence-electron chi connectivity index (χ3n) is 3.94. The lowest BCUT2D eigenvalue weighted by molar-refractivity contribution is 0.122. The lowest BCUT2D eigenvalue weighted by atomic mass is 10.2. The summed E-state index contributed by atoms with van der Waals surface area (Å²) in [5.41, 5.74) is 1.03. The number of anilines is 2. The molecule has 3 rings (SSSR count). The molecular weight excluding hydrogens is 325 g/mol. The molecule has 0 aromatic heterocycles. The monoisotopic (exact) mass is 343 g/mol. The summed E-state index contributed by atoms with van der Waals surface area (Å²) in [5.74, 6) is -0.348. The maximum atomic E-state index is 14.4. The second-order valence-electron chi connectivity index (χ2n) is 5.44. The molecular formula is C15H19ClFN3O3. The third kappa shape index (κ3) is 3.68. The highest BCUT2D eigenvalue weighted by Crippen LogP contribution is 2.28. The minimum absolute atomic E-state index is 0.289. The van der Waals surface area contributed by atoms with E-state index in [4.69, 9.17) is 21.1 Å². The fourth-order valence-electron chi connectivity index (χ4n) is 2.78. The number of cyclic esters (lactones) is 1. The molecule has 0 unspecified atom stereocenters. The van der Waals surface area contributed by atoms with Crippen LogP contribution in [-0.2, 0) is 9.47 Å². The summed E-state index contributed by atoms with van der Waals surface area (Å²) < 4.78 is 24.9. The number of amides is 1. The number of nitrogens with zero attached hydrogens (tertiary/aromatic N) is 2. The van der Waals surface area contributed by atoms with E-state index in [1.165, 1.54) is 11.0 Å². The number of carbonyl (C=O) groups is 1. The largest absolute Gasteiger partial charge is 0.443 e. The highest BCUT2D eigenvalue weighted by atomic mass is 35.5. The number of morpholine rings is 1. The van der Waals surface area contributed by atoms with E-state index in [1.807, 2.05) is 4.90 Å². The van der Waals surface area contributed by atoms with Crippen molar-refractivity contribution in [2.45, 2.75) is 6.10 Å². The first-order chi connectivity index (χ1) is 11.2. The molecule has 2 heterocycles. The molecule has 0 spiro atoms.